The number of alkyl halides is 3. The average molecular weight is 335 g/mol. The molecule has 2 unspecified atom stereocenters. The van der Waals surface area contributed by atoms with E-state index in [-0.39, 0.29) is 5.92 Å². The average Bonchev–Trinajstić information content (AvgIpc) is 2.90. The SMILES string of the molecule is C=N/C=C(\C=C/CC(CC)c1ccc2c(c1)C(C)CC2)C(F)(F)F. The molecule has 1 nitrogen and oxygen atoms in total. The van der Waals surface area contributed by atoms with E-state index in [4.69, 9.17) is 0 Å². The molecule has 0 spiro atoms. The molecule has 130 valence electrons. The van der Waals surface area contributed by atoms with Gasteiger partial charge in [-0.1, -0.05) is 44.2 Å². The minimum atomic E-state index is -4.40. The van der Waals surface area contributed by atoms with Gasteiger partial charge in [0.1, 0.15) is 0 Å². The van der Waals surface area contributed by atoms with Crippen LogP contribution in [0, 0.1) is 0 Å². The quantitative estimate of drug-likeness (QED) is 0.426. The van der Waals surface area contributed by atoms with Crippen molar-refractivity contribution in [2.24, 2.45) is 4.99 Å². The molecule has 1 aliphatic rings. The Hall–Kier alpha value is -1.84. The van der Waals surface area contributed by atoms with Crippen molar-refractivity contribution in [3.8, 4) is 0 Å². The molecule has 24 heavy (non-hydrogen) atoms. The molecule has 1 aliphatic carbocycles. The molecule has 0 bridgehead atoms. The van der Waals surface area contributed by atoms with Gasteiger partial charge in [-0.25, -0.2) is 0 Å². The van der Waals surface area contributed by atoms with Gasteiger partial charge in [-0.15, -0.1) is 0 Å². The summed E-state index contributed by atoms with van der Waals surface area (Å²) in [5.41, 5.74) is 3.27. The second-order valence-corrected chi connectivity index (χ2v) is 6.41. The van der Waals surface area contributed by atoms with Gasteiger partial charge in [-0.3, -0.25) is 4.99 Å². The fourth-order valence-electron chi connectivity index (χ4n) is 3.29. The van der Waals surface area contributed by atoms with Crippen LogP contribution >= 0.6 is 0 Å². The van der Waals surface area contributed by atoms with E-state index >= 15 is 0 Å². The van der Waals surface area contributed by atoms with Gasteiger partial charge in [-0.05, 0) is 60.9 Å². The summed E-state index contributed by atoms with van der Waals surface area (Å²) in [6.45, 7) is 7.41. The molecular weight excluding hydrogens is 311 g/mol. The number of fused-ring (bicyclic) bond motifs is 1. The first-order valence-electron chi connectivity index (χ1n) is 8.39. The van der Waals surface area contributed by atoms with Crippen molar-refractivity contribution >= 4 is 6.72 Å². The molecule has 0 heterocycles. The molecule has 2 rings (SSSR count). The Balaban J connectivity index is 2.13. The third-order valence-corrected chi connectivity index (χ3v) is 4.79. The standard InChI is InChI=1S/C20H24F3N/c1-4-15(6-5-7-18(13-24-3)20(21,22)23)17-11-10-16-9-8-14(2)19(16)12-17/h5,7,10-15H,3-4,6,8-9H2,1-2H3/b7-5-,18-13+. The minimum absolute atomic E-state index is 0.227. The van der Waals surface area contributed by atoms with Crippen LogP contribution in [0.25, 0.3) is 0 Å². The molecule has 0 saturated carbocycles. The lowest BCUT2D eigenvalue weighted by molar-refractivity contribution is -0.0883. The summed E-state index contributed by atoms with van der Waals surface area (Å²) in [5, 5.41) is 0. The molecule has 0 aliphatic heterocycles. The summed E-state index contributed by atoms with van der Waals surface area (Å²) in [4.78, 5) is 3.24. The number of rotatable bonds is 6. The maximum Gasteiger partial charge on any atom is 0.417 e. The Bertz CT molecular complexity index is 641. The molecule has 1 aromatic rings. The van der Waals surface area contributed by atoms with Crippen LogP contribution in [-0.2, 0) is 6.42 Å². The second kappa shape index (κ2) is 7.82. The molecule has 0 N–H and O–H groups in total. The molecular formula is C20H24F3N. The summed E-state index contributed by atoms with van der Waals surface area (Å²) in [5.74, 6) is 0.803. The van der Waals surface area contributed by atoms with Gasteiger partial charge < -0.3 is 0 Å². The second-order valence-electron chi connectivity index (χ2n) is 6.41. The molecule has 1 aromatic carbocycles. The summed E-state index contributed by atoms with van der Waals surface area (Å²) in [7, 11) is 0. The van der Waals surface area contributed by atoms with Crippen LogP contribution in [0.2, 0.25) is 0 Å². The van der Waals surface area contributed by atoms with Gasteiger partial charge in [0.2, 0.25) is 0 Å². The third-order valence-electron chi connectivity index (χ3n) is 4.79. The van der Waals surface area contributed by atoms with Crippen molar-refractivity contribution in [1.82, 2.24) is 0 Å². The van der Waals surface area contributed by atoms with Crippen molar-refractivity contribution in [3.05, 3.63) is 58.8 Å². The first-order valence-corrected chi connectivity index (χ1v) is 8.39. The maximum atomic E-state index is 12.8. The van der Waals surface area contributed by atoms with Gasteiger partial charge in [0.15, 0.2) is 0 Å². The fourth-order valence-corrected chi connectivity index (χ4v) is 3.29. The number of aliphatic imine (C=N–C) groups is 1. The minimum Gasteiger partial charge on any atom is -0.272 e. The lowest BCUT2D eigenvalue weighted by Crippen LogP contribution is -2.09. The van der Waals surface area contributed by atoms with Crippen LogP contribution in [0.5, 0.6) is 0 Å². The van der Waals surface area contributed by atoms with Crippen LogP contribution in [0.1, 0.15) is 61.6 Å². The highest BCUT2D eigenvalue weighted by molar-refractivity contribution is 5.39. The number of benzene rings is 1. The lowest BCUT2D eigenvalue weighted by Gasteiger charge is -2.16. The molecule has 0 amide bonds. The van der Waals surface area contributed by atoms with Gasteiger partial charge in [-0.2, -0.15) is 13.2 Å². The largest absolute Gasteiger partial charge is 0.417 e. The summed E-state index contributed by atoms with van der Waals surface area (Å²) in [6, 6.07) is 6.56. The highest BCUT2D eigenvalue weighted by Gasteiger charge is 2.31. The molecule has 0 radical (unpaired) electrons. The molecule has 4 heteroatoms. The number of halogens is 3. The van der Waals surface area contributed by atoms with Gasteiger partial charge in [0.05, 0.1) is 5.57 Å². The Morgan fingerprint density at radius 3 is 2.79 bits per heavy atom. The van der Waals surface area contributed by atoms with Crippen molar-refractivity contribution < 1.29 is 13.2 Å². The zero-order valence-corrected chi connectivity index (χ0v) is 14.2. The highest BCUT2D eigenvalue weighted by atomic mass is 19.4. The van der Waals surface area contributed by atoms with E-state index in [1.54, 1.807) is 6.08 Å². The molecule has 0 saturated heterocycles. The van der Waals surface area contributed by atoms with Crippen molar-refractivity contribution in [2.75, 3.05) is 0 Å². The molecule has 0 fully saturated rings. The maximum absolute atomic E-state index is 12.8. The number of hydrogen-bond acceptors (Lipinski definition) is 1. The predicted octanol–water partition coefficient (Wildman–Crippen LogP) is 6.32. The van der Waals surface area contributed by atoms with E-state index in [0.29, 0.717) is 12.3 Å². The number of hydrogen-bond donors (Lipinski definition) is 0. The highest BCUT2D eigenvalue weighted by Crippen LogP contribution is 2.36. The first kappa shape index (κ1) is 18.5. The molecule has 0 aromatic heterocycles. The van der Waals surface area contributed by atoms with E-state index in [9.17, 15) is 13.2 Å². The lowest BCUT2D eigenvalue weighted by atomic mass is 9.89. The summed E-state index contributed by atoms with van der Waals surface area (Å²) < 4.78 is 38.5. The summed E-state index contributed by atoms with van der Waals surface area (Å²) in [6.07, 6.45) is 2.83. The van der Waals surface area contributed by atoms with Gasteiger partial charge in [0.25, 0.3) is 0 Å². The normalized spacial score (nSPS) is 19.5. The van der Waals surface area contributed by atoms with Crippen molar-refractivity contribution in [2.45, 2.75) is 57.5 Å². The Morgan fingerprint density at radius 1 is 1.42 bits per heavy atom. The van der Waals surface area contributed by atoms with Crippen molar-refractivity contribution in [3.63, 3.8) is 0 Å². The number of allylic oxidation sites excluding steroid dienone is 3. The van der Waals surface area contributed by atoms with Crippen LogP contribution in [0.4, 0.5) is 13.2 Å². The predicted molar refractivity (Wildman–Crippen MR) is 93.7 cm³/mol. The van der Waals surface area contributed by atoms with E-state index in [2.05, 4.69) is 43.8 Å². The van der Waals surface area contributed by atoms with Crippen LogP contribution in [-0.4, -0.2) is 12.9 Å². The van der Waals surface area contributed by atoms with Crippen LogP contribution in [0.15, 0.2) is 47.1 Å². The summed E-state index contributed by atoms with van der Waals surface area (Å²) >= 11 is 0. The zero-order chi connectivity index (χ0) is 17.7. The zero-order valence-electron chi connectivity index (χ0n) is 14.2. The van der Waals surface area contributed by atoms with E-state index in [1.807, 2.05) is 0 Å². The van der Waals surface area contributed by atoms with Crippen LogP contribution in [0.3, 0.4) is 0 Å². The van der Waals surface area contributed by atoms with E-state index in [1.165, 1.54) is 23.1 Å². The third kappa shape index (κ3) is 4.37. The van der Waals surface area contributed by atoms with E-state index in [0.717, 1.165) is 25.1 Å². The first-order chi connectivity index (χ1) is 11.4. The van der Waals surface area contributed by atoms with Crippen LogP contribution < -0.4 is 0 Å². The number of nitrogens with zero attached hydrogens (tertiary/aromatic N) is 1. The fraction of sp³-hybridized carbons (Fsp3) is 0.450. The smallest absolute Gasteiger partial charge is 0.272 e. The monoisotopic (exact) mass is 335 g/mol. The molecule has 2 atom stereocenters. The van der Waals surface area contributed by atoms with Gasteiger partial charge in [0, 0.05) is 6.20 Å². The Labute approximate surface area is 142 Å². The van der Waals surface area contributed by atoms with Crippen molar-refractivity contribution in [1.29, 1.82) is 0 Å². The van der Waals surface area contributed by atoms with Gasteiger partial charge >= 0.3 is 6.18 Å². The number of aryl methyl sites for hydroxylation is 1. The van der Waals surface area contributed by atoms with E-state index < -0.39 is 11.7 Å². The topological polar surface area (TPSA) is 12.4 Å². The Morgan fingerprint density at radius 2 is 2.17 bits per heavy atom. The Kier molecular flexibility index (Phi) is 6.03.